The van der Waals surface area contributed by atoms with Gasteiger partial charge in [-0.1, -0.05) is 41.9 Å². The molecule has 20 heavy (non-hydrogen) atoms. The predicted molar refractivity (Wildman–Crippen MR) is 79.0 cm³/mol. The van der Waals surface area contributed by atoms with Crippen LogP contribution in [0, 0.1) is 0 Å². The smallest absolute Gasteiger partial charge is 0.137 e. The normalized spacial score (nSPS) is 24.5. The number of rotatable bonds is 2. The molecule has 0 bridgehead atoms. The van der Waals surface area contributed by atoms with Crippen molar-refractivity contribution < 1.29 is 9.84 Å². The van der Waals surface area contributed by atoms with Gasteiger partial charge < -0.3 is 15.6 Å². The Labute approximate surface area is 122 Å². The summed E-state index contributed by atoms with van der Waals surface area (Å²) in [5, 5.41) is 11.6. The van der Waals surface area contributed by atoms with Crippen LogP contribution in [-0.2, 0) is 5.60 Å². The molecule has 0 spiro atoms. The number of hydrogen-bond donors (Lipinski definition) is 2. The molecule has 2 aromatic rings. The SMILES string of the molecule is COc1cc(C2(O)CC(N)c3ccccc32)ccc1Cl. The number of methoxy groups -OCH3 is 1. The lowest BCUT2D eigenvalue weighted by molar-refractivity contribution is 0.0774. The zero-order chi connectivity index (χ0) is 14.3. The van der Waals surface area contributed by atoms with Gasteiger partial charge in [-0.2, -0.15) is 0 Å². The number of halogens is 1. The Morgan fingerprint density at radius 1 is 1.30 bits per heavy atom. The molecule has 2 unspecified atom stereocenters. The third kappa shape index (κ3) is 1.90. The molecular weight excluding hydrogens is 274 g/mol. The van der Waals surface area contributed by atoms with Crippen LogP contribution in [0.4, 0.5) is 0 Å². The minimum absolute atomic E-state index is 0.169. The molecular formula is C16H16ClNO2. The van der Waals surface area contributed by atoms with Crippen molar-refractivity contribution >= 4 is 11.6 Å². The van der Waals surface area contributed by atoms with E-state index in [1.807, 2.05) is 30.3 Å². The first-order chi connectivity index (χ1) is 9.56. The first kappa shape index (κ1) is 13.4. The zero-order valence-corrected chi connectivity index (χ0v) is 11.9. The van der Waals surface area contributed by atoms with Crippen LogP contribution in [0.1, 0.15) is 29.2 Å². The highest BCUT2D eigenvalue weighted by Crippen LogP contribution is 2.47. The van der Waals surface area contributed by atoms with E-state index in [0.29, 0.717) is 17.2 Å². The maximum Gasteiger partial charge on any atom is 0.137 e. The highest BCUT2D eigenvalue weighted by atomic mass is 35.5. The Morgan fingerprint density at radius 2 is 2.05 bits per heavy atom. The molecule has 4 heteroatoms. The molecule has 0 radical (unpaired) electrons. The molecule has 0 saturated heterocycles. The molecule has 0 amide bonds. The second kappa shape index (κ2) is 4.77. The number of fused-ring (bicyclic) bond motifs is 1. The van der Waals surface area contributed by atoms with Crippen LogP contribution in [0.2, 0.25) is 5.02 Å². The largest absolute Gasteiger partial charge is 0.495 e. The van der Waals surface area contributed by atoms with Crippen LogP contribution in [0.5, 0.6) is 5.75 Å². The number of nitrogens with two attached hydrogens (primary N) is 1. The summed E-state index contributed by atoms with van der Waals surface area (Å²) in [5.74, 6) is 0.551. The van der Waals surface area contributed by atoms with Gasteiger partial charge in [-0.05, 0) is 28.8 Å². The highest BCUT2D eigenvalue weighted by molar-refractivity contribution is 6.32. The van der Waals surface area contributed by atoms with E-state index in [2.05, 4.69) is 0 Å². The molecule has 104 valence electrons. The maximum atomic E-state index is 11.1. The average molecular weight is 290 g/mol. The Kier molecular flexibility index (Phi) is 3.21. The fourth-order valence-corrected chi connectivity index (χ4v) is 3.12. The summed E-state index contributed by atoms with van der Waals surface area (Å²) in [6, 6.07) is 12.9. The van der Waals surface area contributed by atoms with Crippen molar-refractivity contribution in [2.45, 2.75) is 18.1 Å². The highest BCUT2D eigenvalue weighted by Gasteiger charge is 2.42. The fraction of sp³-hybridized carbons (Fsp3) is 0.250. The van der Waals surface area contributed by atoms with E-state index in [9.17, 15) is 5.11 Å². The molecule has 0 aromatic heterocycles. The van der Waals surface area contributed by atoms with Gasteiger partial charge in [0.05, 0.1) is 12.1 Å². The topological polar surface area (TPSA) is 55.5 Å². The van der Waals surface area contributed by atoms with E-state index in [-0.39, 0.29) is 6.04 Å². The maximum absolute atomic E-state index is 11.1. The molecule has 3 rings (SSSR count). The standard InChI is InChI=1S/C16H16ClNO2/c1-20-15-8-10(6-7-13(15)17)16(19)9-14(18)11-4-2-3-5-12(11)16/h2-8,14,19H,9,18H2,1H3. The van der Waals surface area contributed by atoms with E-state index in [1.54, 1.807) is 19.2 Å². The summed E-state index contributed by atoms with van der Waals surface area (Å²) in [6.45, 7) is 0. The molecule has 3 N–H and O–H groups in total. The molecule has 2 aromatic carbocycles. The fourth-order valence-electron chi connectivity index (χ4n) is 2.93. The monoisotopic (exact) mass is 289 g/mol. The van der Waals surface area contributed by atoms with Gasteiger partial charge in [0.1, 0.15) is 11.4 Å². The number of benzene rings is 2. The van der Waals surface area contributed by atoms with E-state index in [0.717, 1.165) is 16.7 Å². The first-order valence-corrected chi connectivity index (χ1v) is 6.85. The van der Waals surface area contributed by atoms with Crippen molar-refractivity contribution in [3.05, 3.63) is 64.2 Å². The minimum Gasteiger partial charge on any atom is -0.495 e. The van der Waals surface area contributed by atoms with E-state index >= 15 is 0 Å². The molecule has 1 aliphatic carbocycles. The van der Waals surface area contributed by atoms with Crippen molar-refractivity contribution in [3.63, 3.8) is 0 Å². The lowest BCUT2D eigenvalue weighted by atomic mass is 9.87. The van der Waals surface area contributed by atoms with Crippen molar-refractivity contribution in [2.75, 3.05) is 7.11 Å². The molecule has 0 saturated carbocycles. The predicted octanol–water partition coefficient (Wildman–Crippen LogP) is 2.99. The lowest BCUT2D eigenvalue weighted by Crippen LogP contribution is -2.25. The summed E-state index contributed by atoms with van der Waals surface area (Å²) in [5.41, 5.74) is 7.65. The second-order valence-electron chi connectivity index (χ2n) is 5.11. The van der Waals surface area contributed by atoms with Gasteiger partial charge in [0.2, 0.25) is 0 Å². The molecule has 0 heterocycles. The van der Waals surface area contributed by atoms with Gasteiger partial charge in [-0.25, -0.2) is 0 Å². The third-order valence-electron chi connectivity index (χ3n) is 3.95. The number of hydrogen-bond acceptors (Lipinski definition) is 3. The van der Waals surface area contributed by atoms with Crippen LogP contribution in [0.25, 0.3) is 0 Å². The van der Waals surface area contributed by atoms with Crippen LogP contribution in [-0.4, -0.2) is 12.2 Å². The number of aliphatic hydroxyl groups is 1. The van der Waals surface area contributed by atoms with Crippen molar-refractivity contribution in [1.29, 1.82) is 0 Å². The van der Waals surface area contributed by atoms with Crippen LogP contribution >= 0.6 is 11.6 Å². The molecule has 0 fully saturated rings. The number of ether oxygens (including phenoxy) is 1. The molecule has 2 atom stereocenters. The van der Waals surface area contributed by atoms with E-state index in [4.69, 9.17) is 22.1 Å². The summed E-state index contributed by atoms with van der Waals surface area (Å²) < 4.78 is 5.23. The van der Waals surface area contributed by atoms with Gasteiger partial charge in [0.15, 0.2) is 0 Å². The molecule has 3 nitrogen and oxygen atoms in total. The van der Waals surface area contributed by atoms with E-state index < -0.39 is 5.60 Å². The Hall–Kier alpha value is -1.55. The summed E-state index contributed by atoms with van der Waals surface area (Å²) >= 11 is 6.05. The van der Waals surface area contributed by atoms with E-state index in [1.165, 1.54) is 0 Å². The lowest BCUT2D eigenvalue weighted by Gasteiger charge is -2.25. The Morgan fingerprint density at radius 3 is 2.80 bits per heavy atom. The molecule has 1 aliphatic rings. The summed E-state index contributed by atoms with van der Waals surface area (Å²) in [7, 11) is 1.56. The molecule has 0 aliphatic heterocycles. The van der Waals surface area contributed by atoms with Crippen LogP contribution in [0.3, 0.4) is 0 Å². The second-order valence-corrected chi connectivity index (χ2v) is 5.51. The van der Waals surface area contributed by atoms with Gasteiger partial charge in [0, 0.05) is 12.5 Å². The first-order valence-electron chi connectivity index (χ1n) is 6.47. The van der Waals surface area contributed by atoms with Gasteiger partial charge in [-0.3, -0.25) is 0 Å². The van der Waals surface area contributed by atoms with Gasteiger partial charge in [-0.15, -0.1) is 0 Å². The average Bonchev–Trinajstić information content (AvgIpc) is 2.73. The van der Waals surface area contributed by atoms with Gasteiger partial charge >= 0.3 is 0 Å². The third-order valence-corrected chi connectivity index (χ3v) is 4.26. The van der Waals surface area contributed by atoms with Crippen LogP contribution < -0.4 is 10.5 Å². The Bertz CT molecular complexity index is 659. The Balaban J connectivity index is 2.15. The zero-order valence-electron chi connectivity index (χ0n) is 11.1. The van der Waals surface area contributed by atoms with Crippen molar-refractivity contribution in [1.82, 2.24) is 0 Å². The minimum atomic E-state index is -1.09. The quantitative estimate of drug-likeness (QED) is 0.893. The van der Waals surface area contributed by atoms with Gasteiger partial charge in [0.25, 0.3) is 0 Å². The summed E-state index contributed by atoms with van der Waals surface area (Å²) in [4.78, 5) is 0. The van der Waals surface area contributed by atoms with Crippen LogP contribution in [0.15, 0.2) is 42.5 Å². The summed E-state index contributed by atoms with van der Waals surface area (Å²) in [6.07, 6.45) is 0.455. The van der Waals surface area contributed by atoms with Crippen molar-refractivity contribution in [3.8, 4) is 5.75 Å². The van der Waals surface area contributed by atoms with Crippen molar-refractivity contribution in [2.24, 2.45) is 5.73 Å².